The SMILES string of the molecule is COc1cccc(CC(C(=O)O)c2cc(C)ccc2C)c1OC. The van der Waals surface area contributed by atoms with Crippen molar-refractivity contribution in [2.75, 3.05) is 14.2 Å². The van der Waals surface area contributed by atoms with E-state index < -0.39 is 11.9 Å². The van der Waals surface area contributed by atoms with Gasteiger partial charge in [0.15, 0.2) is 11.5 Å². The van der Waals surface area contributed by atoms with E-state index in [-0.39, 0.29) is 0 Å². The Bertz CT molecular complexity index is 707. The van der Waals surface area contributed by atoms with Crippen LogP contribution >= 0.6 is 0 Å². The van der Waals surface area contributed by atoms with Gasteiger partial charge in [0, 0.05) is 0 Å². The Balaban J connectivity index is 2.45. The Hall–Kier alpha value is -2.49. The summed E-state index contributed by atoms with van der Waals surface area (Å²) in [5.74, 6) is -0.277. The van der Waals surface area contributed by atoms with Crippen LogP contribution in [0.1, 0.15) is 28.2 Å². The van der Waals surface area contributed by atoms with Crippen molar-refractivity contribution in [1.29, 1.82) is 0 Å². The van der Waals surface area contributed by atoms with Crippen LogP contribution in [0.25, 0.3) is 0 Å². The third-order valence-corrected chi connectivity index (χ3v) is 4.02. The molecule has 1 atom stereocenters. The fourth-order valence-electron chi connectivity index (χ4n) is 2.80. The standard InChI is InChI=1S/C19H22O4/c1-12-8-9-13(2)15(10-12)16(19(20)21)11-14-6-5-7-17(22-3)18(14)23-4/h5-10,16H,11H2,1-4H3,(H,20,21). The van der Waals surface area contributed by atoms with Gasteiger partial charge in [0.2, 0.25) is 0 Å². The molecule has 4 nitrogen and oxygen atoms in total. The number of aliphatic carboxylic acids is 1. The first-order valence-corrected chi connectivity index (χ1v) is 7.47. The summed E-state index contributed by atoms with van der Waals surface area (Å²) < 4.78 is 10.7. The van der Waals surface area contributed by atoms with Crippen LogP contribution in [-0.4, -0.2) is 25.3 Å². The molecule has 4 heteroatoms. The van der Waals surface area contributed by atoms with Gasteiger partial charge in [-0.2, -0.15) is 0 Å². The number of benzene rings is 2. The molecule has 2 rings (SSSR count). The average Bonchev–Trinajstić information content (AvgIpc) is 2.54. The fourth-order valence-corrected chi connectivity index (χ4v) is 2.80. The van der Waals surface area contributed by atoms with Crippen molar-refractivity contribution in [2.45, 2.75) is 26.2 Å². The summed E-state index contributed by atoms with van der Waals surface area (Å²) in [5.41, 5.74) is 3.68. The maximum atomic E-state index is 11.8. The fraction of sp³-hybridized carbons (Fsp3) is 0.316. The van der Waals surface area contributed by atoms with Gasteiger partial charge in [-0.15, -0.1) is 0 Å². The van der Waals surface area contributed by atoms with Crippen LogP contribution < -0.4 is 9.47 Å². The zero-order chi connectivity index (χ0) is 17.0. The second-order valence-electron chi connectivity index (χ2n) is 5.61. The topological polar surface area (TPSA) is 55.8 Å². The summed E-state index contributed by atoms with van der Waals surface area (Å²) in [4.78, 5) is 11.8. The van der Waals surface area contributed by atoms with Crippen LogP contribution in [0.3, 0.4) is 0 Å². The smallest absolute Gasteiger partial charge is 0.311 e. The monoisotopic (exact) mass is 314 g/mol. The summed E-state index contributed by atoms with van der Waals surface area (Å²) in [6.45, 7) is 3.90. The van der Waals surface area contributed by atoms with Gasteiger partial charge in [0.1, 0.15) is 0 Å². The van der Waals surface area contributed by atoms with Crippen LogP contribution in [0.2, 0.25) is 0 Å². The van der Waals surface area contributed by atoms with Crippen molar-refractivity contribution in [1.82, 2.24) is 0 Å². The Morgan fingerprint density at radius 2 is 1.87 bits per heavy atom. The quantitative estimate of drug-likeness (QED) is 0.882. The van der Waals surface area contributed by atoms with Crippen LogP contribution in [0.4, 0.5) is 0 Å². The molecular weight excluding hydrogens is 292 g/mol. The van der Waals surface area contributed by atoms with Crippen LogP contribution in [0, 0.1) is 13.8 Å². The van der Waals surface area contributed by atoms with Crippen molar-refractivity contribution in [2.24, 2.45) is 0 Å². The number of para-hydroxylation sites is 1. The first kappa shape index (κ1) is 16.9. The Morgan fingerprint density at radius 1 is 1.13 bits per heavy atom. The highest BCUT2D eigenvalue weighted by atomic mass is 16.5. The molecule has 0 aliphatic rings. The van der Waals surface area contributed by atoms with Crippen molar-refractivity contribution in [3.8, 4) is 11.5 Å². The molecule has 1 N–H and O–H groups in total. The molecule has 0 aliphatic carbocycles. The molecule has 1 unspecified atom stereocenters. The van der Waals surface area contributed by atoms with E-state index in [4.69, 9.17) is 9.47 Å². The van der Waals surface area contributed by atoms with Gasteiger partial charge in [-0.1, -0.05) is 35.9 Å². The van der Waals surface area contributed by atoms with E-state index >= 15 is 0 Å². The highest BCUT2D eigenvalue weighted by Crippen LogP contribution is 2.35. The normalized spacial score (nSPS) is 11.8. The van der Waals surface area contributed by atoms with Crippen molar-refractivity contribution >= 4 is 5.97 Å². The first-order valence-electron chi connectivity index (χ1n) is 7.47. The van der Waals surface area contributed by atoms with E-state index in [1.54, 1.807) is 20.3 Å². The molecule has 0 saturated heterocycles. The number of aryl methyl sites for hydroxylation is 2. The number of hydrogen-bond donors (Lipinski definition) is 1. The third-order valence-electron chi connectivity index (χ3n) is 4.02. The number of ether oxygens (including phenoxy) is 2. The maximum absolute atomic E-state index is 11.8. The van der Waals surface area contributed by atoms with E-state index in [0.717, 1.165) is 22.3 Å². The van der Waals surface area contributed by atoms with Gasteiger partial charge in [0.25, 0.3) is 0 Å². The van der Waals surface area contributed by atoms with Crippen molar-refractivity contribution in [3.63, 3.8) is 0 Å². The summed E-state index contributed by atoms with van der Waals surface area (Å²) in [7, 11) is 3.13. The van der Waals surface area contributed by atoms with Gasteiger partial charge in [-0.05, 0) is 43.0 Å². The van der Waals surface area contributed by atoms with Gasteiger partial charge in [-0.25, -0.2) is 0 Å². The van der Waals surface area contributed by atoms with E-state index in [1.165, 1.54) is 0 Å². The molecule has 0 amide bonds. The Kier molecular flexibility index (Phi) is 5.27. The van der Waals surface area contributed by atoms with Crippen LogP contribution in [0.5, 0.6) is 11.5 Å². The lowest BCUT2D eigenvalue weighted by atomic mass is 9.88. The lowest BCUT2D eigenvalue weighted by Gasteiger charge is -2.19. The highest BCUT2D eigenvalue weighted by Gasteiger charge is 2.24. The first-order chi connectivity index (χ1) is 11.0. The Morgan fingerprint density at radius 3 is 2.48 bits per heavy atom. The molecule has 0 bridgehead atoms. The van der Waals surface area contributed by atoms with Crippen LogP contribution in [-0.2, 0) is 11.2 Å². The van der Waals surface area contributed by atoms with Gasteiger partial charge < -0.3 is 14.6 Å². The van der Waals surface area contributed by atoms with E-state index in [2.05, 4.69) is 0 Å². The summed E-state index contributed by atoms with van der Waals surface area (Å²) in [5, 5.41) is 9.72. The molecular formula is C19H22O4. The third kappa shape index (κ3) is 3.65. The minimum absolute atomic E-state index is 0.347. The van der Waals surface area contributed by atoms with E-state index in [9.17, 15) is 9.90 Å². The van der Waals surface area contributed by atoms with E-state index in [0.29, 0.717) is 17.9 Å². The molecule has 2 aromatic carbocycles. The second kappa shape index (κ2) is 7.18. The van der Waals surface area contributed by atoms with Crippen molar-refractivity contribution in [3.05, 3.63) is 58.7 Å². The molecule has 0 fully saturated rings. The number of rotatable bonds is 6. The van der Waals surface area contributed by atoms with Gasteiger partial charge in [0.05, 0.1) is 20.1 Å². The minimum Gasteiger partial charge on any atom is -0.493 e. The second-order valence-corrected chi connectivity index (χ2v) is 5.61. The molecule has 23 heavy (non-hydrogen) atoms. The number of carbonyl (C=O) groups is 1. The van der Waals surface area contributed by atoms with E-state index in [1.807, 2.05) is 44.2 Å². The average molecular weight is 314 g/mol. The van der Waals surface area contributed by atoms with Crippen molar-refractivity contribution < 1.29 is 19.4 Å². The summed E-state index contributed by atoms with van der Waals surface area (Å²) in [6, 6.07) is 11.4. The van der Waals surface area contributed by atoms with Gasteiger partial charge in [-0.3, -0.25) is 4.79 Å². The predicted molar refractivity (Wildman–Crippen MR) is 89.5 cm³/mol. The lowest BCUT2D eigenvalue weighted by Crippen LogP contribution is -2.16. The summed E-state index contributed by atoms with van der Waals surface area (Å²) in [6.07, 6.45) is 0.347. The van der Waals surface area contributed by atoms with Crippen LogP contribution in [0.15, 0.2) is 36.4 Å². The largest absolute Gasteiger partial charge is 0.493 e. The minimum atomic E-state index is -0.844. The maximum Gasteiger partial charge on any atom is 0.311 e. The number of carboxylic acid groups (broad SMARTS) is 1. The molecule has 0 spiro atoms. The molecule has 2 aromatic rings. The molecule has 0 heterocycles. The van der Waals surface area contributed by atoms with Gasteiger partial charge >= 0.3 is 5.97 Å². The zero-order valence-corrected chi connectivity index (χ0v) is 13.9. The number of methoxy groups -OCH3 is 2. The molecule has 0 radical (unpaired) electrons. The number of hydrogen-bond acceptors (Lipinski definition) is 3. The molecule has 0 aliphatic heterocycles. The predicted octanol–water partition coefficient (Wildman–Crippen LogP) is 3.73. The zero-order valence-electron chi connectivity index (χ0n) is 13.9. The molecule has 122 valence electrons. The lowest BCUT2D eigenvalue weighted by molar-refractivity contribution is -0.138. The number of carboxylic acids is 1. The summed E-state index contributed by atoms with van der Waals surface area (Å²) >= 11 is 0. The molecule has 0 saturated carbocycles. The highest BCUT2D eigenvalue weighted by molar-refractivity contribution is 5.77. The Labute approximate surface area is 136 Å². The molecule has 0 aromatic heterocycles.